The van der Waals surface area contributed by atoms with Crippen molar-refractivity contribution >= 4 is 33.2 Å². The van der Waals surface area contributed by atoms with Crippen molar-refractivity contribution in [3.05, 3.63) is 22.4 Å². The first-order valence-corrected chi connectivity index (χ1v) is 8.56. The number of aryl methyl sites for hydroxylation is 1. The molecule has 1 heterocycles. The maximum atomic E-state index is 11.9. The number of nitrogens with zero attached hydrogens (tertiary/aromatic N) is 1. The van der Waals surface area contributed by atoms with Gasteiger partial charge in [-0.1, -0.05) is 28.4 Å². The van der Waals surface area contributed by atoms with Crippen LogP contribution in [0.2, 0.25) is 0 Å². The number of halogens is 1. The van der Waals surface area contributed by atoms with E-state index >= 15 is 0 Å². The molecule has 1 amide bonds. The number of rotatable bonds is 9. The molecule has 0 aliphatic carbocycles. The van der Waals surface area contributed by atoms with Gasteiger partial charge in [-0.3, -0.25) is 4.79 Å². The zero-order chi connectivity index (χ0) is 13.2. The highest BCUT2D eigenvalue weighted by Gasteiger charge is 2.07. The van der Waals surface area contributed by atoms with Gasteiger partial charge in [0.15, 0.2) is 0 Å². The number of hydrogen-bond donors (Lipinski definition) is 0. The topological polar surface area (TPSA) is 20.3 Å². The molecule has 1 aromatic rings. The van der Waals surface area contributed by atoms with Crippen molar-refractivity contribution in [2.45, 2.75) is 38.5 Å². The Morgan fingerprint density at radius 3 is 2.83 bits per heavy atom. The summed E-state index contributed by atoms with van der Waals surface area (Å²) in [4.78, 5) is 15.1. The molecule has 0 saturated carbocycles. The van der Waals surface area contributed by atoms with Gasteiger partial charge in [0.25, 0.3) is 0 Å². The molecule has 0 radical (unpaired) electrons. The van der Waals surface area contributed by atoms with Crippen molar-refractivity contribution in [3.8, 4) is 0 Å². The van der Waals surface area contributed by atoms with E-state index in [1.54, 1.807) is 11.3 Å². The van der Waals surface area contributed by atoms with Crippen molar-refractivity contribution in [1.29, 1.82) is 0 Å². The van der Waals surface area contributed by atoms with Gasteiger partial charge in [-0.15, -0.1) is 11.3 Å². The maximum absolute atomic E-state index is 11.9. The van der Waals surface area contributed by atoms with Gasteiger partial charge in [0.2, 0.25) is 5.91 Å². The minimum atomic E-state index is 0.283. The van der Waals surface area contributed by atoms with E-state index in [0.29, 0.717) is 6.42 Å². The third kappa shape index (κ3) is 6.55. The lowest BCUT2D eigenvalue weighted by Crippen LogP contribution is -2.27. The van der Waals surface area contributed by atoms with Gasteiger partial charge in [-0.25, -0.2) is 0 Å². The van der Waals surface area contributed by atoms with Gasteiger partial charge in [0.05, 0.1) is 0 Å². The largest absolute Gasteiger partial charge is 0.346 e. The summed E-state index contributed by atoms with van der Waals surface area (Å²) in [5.41, 5.74) is 0. The van der Waals surface area contributed by atoms with Crippen LogP contribution in [0.3, 0.4) is 0 Å². The summed E-state index contributed by atoms with van der Waals surface area (Å²) in [6.45, 7) is 0.894. The Morgan fingerprint density at radius 1 is 1.33 bits per heavy atom. The van der Waals surface area contributed by atoms with Crippen LogP contribution >= 0.6 is 27.3 Å². The SMILES string of the molecule is CN(CCCCCBr)C(=O)CCCc1cccs1. The molecular formula is C14H22BrNOS. The van der Waals surface area contributed by atoms with Gasteiger partial charge in [0, 0.05) is 30.2 Å². The van der Waals surface area contributed by atoms with Crippen LogP contribution in [0.15, 0.2) is 17.5 Å². The Kier molecular flexibility index (Phi) is 8.34. The van der Waals surface area contributed by atoms with Crippen molar-refractivity contribution in [2.24, 2.45) is 0 Å². The Labute approximate surface area is 123 Å². The minimum Gasteiger partial charge on any atom is -0.346 e. The second-order valence-electron chi connectivity index (χ2n) is 4.50. The first-order valence-electron chi connectivity index (χ1n) is 6.56. The molecule has 2 nitrogen and oxygen atoms in total. The van der Waals surface area contributed by atoms with Gasteiger partial charge in [-0.2, -0.15) is 0 Å². The number of hydrogen-bond acceptors (Lipinski definition) is 2. The Hall–Kier alpha value is -0.350. The van der Waals surface area contributed by atoms with E-state index in [0.717, 1.165) is 31.1 Å². The van der Waals surface area contributed by atoms with Crippen LogP contribution in [0.1, 0.15) is 37.0 Å². The highest BCUT2D eigenvalue weighted by atomic mass is 79.9. The molecule has 0 spiro atoms. The lowest BCUT2D eigenvalue weighted by atomic mass is 10.2. The van der Waals surface area contributed by atoms with Crippen LogP contribution in [0.25, 0.3) is 0 Å². The fourth-order valence-electron chi connectivity index (χ4n) is 1.80. The quantitative estimate of drug-likeness (QED) is 0.493. The maximum Gasteiger partial charge on any atom is 0.222 e. The fraction of sp³-hybridized carbons (Fsp3) is 0.643. The van der Waals surface area contributed by atoms with Crippen LogP contribution in [0.4, 0.5) is 0 Å². The van der Waals surface area contributed by atoms with E-state index in [-0.39, 0.29) is 5.91 Å². The number of carbonyl (C=O) groups is 1. The van der Waals surface area contributed by atoms with Crippen LogP contribution < -0.4 is 0 Å². The summed E-state index contributed by atoms with van der Waals surface area (Å²) < 4.78 is 0. The molecule has 0 bridgehead atoms. The summed E-state index contributed by atoms with van der Waals surface area (Å²) in [7, 11) is 1.92. The molecular weight excluding hydrogens is 310 g/mol. The number of carbonyl (C=O) groups excluding carboxylic acids is 1. The smallest absolute Gasteiger partial charge is 0.222 e. The Morgan fingerprint density at radius 2 is 2.17 bits per heavy atom. The molecule has 4 heteroatoms. The normalized spacial score (nSPS) is 10.6. The molecule has 0 aliphatic rings. The number of amides is 1. The number of thiophene rings is 1. The van der Waals surface area contributed by atoms with Crippen LogP contribution in [0, 0.1) is 0 Å². The predicted octanol–water partition coefficient (Wildman–Crippen LogP) is 4.09. The summed E-state index contributed by atoms with van der Waals surface area (Å²) in [6, 6.07) is 4.21. The molecule has 1 rings (SSSR count). The van der Waals surface area contributed by atoms with Crippen molar-refractivity contribution in [1.82, 2.24) is 4.90 Å². The van der Waals surface area contributed by atoms with Gasteiger partial charge >= 0.3 is 0 Å². The molecule has 0 saturated heterocycles. The first-order chi connectivity index (χ1) is 8.74. The van der Waals surface area contributed by atoms with E-state index in [4.69, 9.17) is 0 Å². The van der Waals surface area contributed by atoms with Gasteiger partial charge < -0.3 is 4.90 Å². The van der Waals surface area contributed by atoms with Gasteiger partial charge in [0.1, 0.15) is 0 Å². The molecule has 102 valence electrons. The number of alkyl halides is 1. The average molecular weight is 332 g/mol. The standard InChI is InChI=1S/C14H22BrNOS/c1-16(11-4-2-3-10-15)14(17)9-5-7-13-8-6-12-18-13/h6,8,12H,2-5,7,9-11H2,1H3. The third-order valence-corrected chi connectivity index (χ3v) is 4.44. The minimum absolute atomic E-state index is 0.283. The molecule has 0 atom stereocenters. The average Bonchev–Trinajstić information content (AvgIpc) is 2.87. The summed E-state index contributed by atoms with van der Waals surface area (Å²) in [5.74, 6) is 0.283. The molecule has 0 fully saturated rings. The predicted molar refractivity (Wildman–Crippen MR) is 82.5 cm³/mol. The Balaban J connectivity index is 2.08. The third-order valence-electron chi connectivity index (χ3n) is 2.95. The van der Waals surface area contributed by atoms with Crippen LogP contribution in [0.5, 0.6) is 0 Å². The monoisotopic (exact) mass is 331 g/mol. The highest BCUT2D eigenvalue weighted by molar-refractivity contribution is 9.09. The molecule has 18 heavy (non-hydrogen) atoms. The van der Waals surface area contributed by atoms with E-state index in [1.807, 2.05) is 11.9 Å². The number of unbranched alkanes of at least 4 members (excludes halogenated alkanes) is 2. The second-order valence-corrected chi connectivity index (χ2v) is 6.32. The molecule has 0 aromatic carbocycles. The Bertz CT molecular complexity index is 327. The van der Waals surface area contributed by atoms with Gasteiger partial charge in [-0.05, 0) is 37.1 Å². The van der Waals surface area contributed by atoms with Crippen molar-refractivity contribution < 1.29 is 4.79 Å². The van der Waals surface area contributed by atoms with E-state index in [9.17, 15) is 4.79 Å². The van der Waals surface area contributed by atoms with Crippen molar-refractivity contribution in [3.63, 3.8) is 0 Å². The lowest BCUT2D eigenvalue weighted by molar-refractivity contribution is -0.130. The first kappa shape index (κ1) is 15.7. The van der Waals surface area contributed by atoms with E-state index in [1.165, 1.54) is 17.7 Å². The molecule has 0 unspecified atom stereocenters. The van der Waals surface area contributed by atoms with Crippen LogP contribution in [-0.2, 0) is 11.2 Å². The fourth-order valence-corrected chi connectivity index (χ4v) is 2.95. The zero-order valence-electron chi connectivity index (χ0n) is 11.0. The summed E-state index contributed by atoms with van der Waals surface area (Å²) >= 11 is 5.19. The molecule has 0 N–H and O–H groups in total. The summed E-state index contributed by atoms with van der Waals surface area (Å²) in [5, 5.41) is 3.15. The molecule has 1 aromatic heterocycles. The lowest BCUT2D eigenvalue weighted by Gasteiger charge is -2.16. The summed E-state index contributed by atoms with van der Waals surface area (Å²) in [6.07, 6.45) is 6.16. The zero-order valence-corrected chi connectivity index (χ0v) is 13.4. The van der Waals surface area contributed by atoms with E-state index in [2.05, 4.69) is 33.4 Å². The van der Waals surface area contributed by atoms with E-state index < -0.39 is 0 Å². The molecule has 0 aliphatic heterocycles. The van der Waals surface area contributed by atoms with Crippen molar-refractivity contribution in [2.75, 3.05) is 18.9 Å². The highest BCUT2D eigenvalue weighted by Crippen LogP contribution is 2.12. The second kappa shape index (κ2) is 9.56. The van der Waals surface area contributed by atoms with Crippen LogP contribution in [-0.4, -0.2) is 29.7 Å².